The smallest absolute Gasteiger partial charge is 0.326 e. The number of hydrogen-bond acceptors (Lipinski definition) is 3. The maximum absolute atomic E-state index is 13.3. The largest absolute Gasteiger partial charge is 0.480 e. The third-order valence-electron chi connectivity index (χ3n) is 5.92. The fourth-order valence-electron chi connectivity index (χ4n) is 4.57. The molecule has 1 aromatic heterocycles. The molecule has 27 heavy (non-hydrogen) atoms. The predicted octanol–water partition coefficient (Wildman–Crippen LogP) is 3.18. The summed E-state index contributed by atoms with van der Waals surface area (Å²) in [7, 11) is 0. The van der Waals surface area contributed by atoms with Crippen molar-refractivity contribution in [2.24, 2.45) is 5.92 Å². The minimum atomic E-state index is -0.943. The van der Waals surface area contributed by atoms with Crippen molar-refractivity contribution in [2.75, 3.05) is 0 Å². The van der Waals surface area contributed by atoms with Crippen LogP contribution in [-0.4, -0.2) is 43.7 Å². The summed E-state index contributed by atoms with van der Waals surface area (Å²) in [6.07, 6.45) is 5.95. The fourth-order valence-corrected chi connectivity index (χ4v) is 4.57. The number of carbonyl (C=O) groups is 2. The predicted molar refractivity (Wildman–Crippen MR) is 96.2 cm³/mol. The molecule has 7 heteroatoms. The van der Waals surface area contributed by atoms with Crippen molar-refractivity contribution in [3.05, 3.63) is 47.5 Å². The SMILES string of the molecule is Cc1c(C(=O)N2C(C(=O)O)CC3CCCCC32)cnn1-c1ccc(F)cc1. The van der Waals surface area contributed by atoms with Gasteiger partial charge in [-0.2, -0.15) is 5.10 Å². The molecule has 0 spiro atoms. The van der Waals surface area contributed by atoms with Gasteiger partial charge in [0.1, 0.15) is 11.9 Å². The van der Waals surface area contributed by atoms with Gasteiger partial charge in [0.2, 0.25) is 0 Å². The van der Waals surface area contributed by atoms with Gasteiger partial charge in [-0.3, -0.25) is 4.79 Å². The number of aromatic nitrogens is 2. The van der Waals surface area contributed by atoms with Crippen molar-refractivity contribution < 1.29 is 19.1 Å². The number of halogens is 1. The maximum Gasteiger partial charge on any atom is 0.326 e. The van der Waals surface area contributed by atoms with E-state index in [4.69, 9.17) is 0 Å². The molecule has 142 valence electrons. The zero-order chi connectivity index (χ0) is 19.1. The van der Waals surface area contributed by atoms with Crippen LogP contribution in [0.3, 0.4) is 0 Å². The Morgan fingerprint density at radius 1 is 1.19 bits per heavy atom. The van der Waals surface area contributed by atoms with Crippen molar-refractivity contribution in [2.45, 2.75) is 51.1 Å². The normalized spacial score (nSPS) is 24.7. The lowest BCUT2D eigenvalue weighted by Crippen LogP contribution is -2.46. The Kier molecular flexibility index (Phi) is 4.45. The van der Waals surface area contributed by atoms with Crippen LogP contribution in [0.1, 0.15) is 48.2 Å². The summed E-state index contributed by atoms with van der Waals surface area (Å²) in [5, 5.41) is 13.9. The van der Waals surface area contributed by atoms with E-state index < -0.39 is 12.0 Å². The van der Waals surface area contributed by atoms with Gasteiger partial charge in [0.15, 0.2) is 0 Å². The van der Waals surface area contributed by atoms with E-state index in [0.717, 1.165) is 25.7 Å². The van der Waals surface area contributed by atoms with Crippen LogP contribution in [0.5, 0.6) is 0 Å². The number of benzene rings is 1. The summed E-state index contributed by atoms with van der Waals surface area (Å²) < 4.78 is 14.8. The van der Waals surface area contributed by atoms with Gasteiger partial charge in [-0.05, 0) is 56.4 Å². The Morgan fingerprint density at radius 3 is 2.59 bits per heavy atom. The molecule has 2 aliphatic rings. The van der Waals surface area contributed by atoms with Crippen molar-refractivity contribution in [1.29, 1.82) is 0 Å². The van der Waals surface area contributed by atoms with Gasteiger partial charge in [0, 0.05) is 6.04 Å². The van der Waals surface area contributed by atoms with Gasteiger partial charge in [0.25, 0.3) is 5.91 Å². The number of nitrogens with zero attached hydrogens (tertiary/aromatic N) is 3. The summed E-state index contributed by atoms with van der Waals surface area (Å²) in [4.78, 5) is 26.6. The van der Waals surface area contributed by atoms with Crippen LogP contribution in [0.25, 0.3) is 5.69 Å². The monoisotopic (exact) mass is 371 g/mol. The van der Waals surface area contributed by atoms with E-state index in [2.05, 4.69) is 5.10 Å². The molecule has 0 radical (unpaired) electrons. The molecule has 1 aliphatic carbocycles. The lowest BCUT2D eigenvalue weighted by atomic mass is 9.84. The quantitative estimate of drug-likeness (QED) is 0.899. The summed E-state index contributed by atoms with van der Waals surface area (Å²) in [6.45, 7) is 1.77. The topological polar surface area (TPSA) is 75.4 Å². The van der Waals surface area contributed by atoms with Crippen molar-refractivity contribution >= 4 is 11.9 Å². The van der Waals surface area contributed by atoms with Crippen molar-refractivity contribution in [3.8, 4) is 5.69 Å². The number of likely N-dealkylation sites (tertiary alicyclic amines) is 1. The Hall–Kier alpha value is -2.70. The van der Waals surface area contributed by atoms with E-state index in [1.165, 1.54) is 18.3 Å². The third-order valence-corrected chi connectivity index (χ3v) is 5.92. The van der Waals surface area contributed by atoms with E-state index >= 15 is 0 Å². The van der Waals surface area contributed by atoms with Crippen molar-refractivity contribution in [1.82, 2.24) is 14.7 Å². The zero-order valence-corrected chi connectivity index (χ0v) is 15.1. The first-order chi connectivity index (χ1) is 13.0. The summed E-state index contributed by atoms with van der Waals surface area (Å²) in [5.41, 5.74) is 1.67. The maximum atomic E-state index is 13.3. The van der Waals surface area contributed by atoms with Crippen LogP contribution < -0.4 is 0 Å². The minimum absolute atomic E-state index is 0.0130. The highest BCUT2D eigenvalue weighted by Gasteiger charge is 2.48. The van der Waals surface area contributed by atoms with E-state index in [0.29, 0.717) is 23.4 Å². The Balaban J connectivity index is 1.67. The molecule has 6 nitrogen and oxygen atoms in total. The molecule has 1 saturated carbocycles. The fraction of sp³-hybridized carbons (Fsp3) is 0.450. The van der Waals surface area contributed by atoms with Crippen LogP contribution in [0, 0.1) is 18.7 Å². The minimum Gasteiger partial charge on any atom is -0.480 e. The van der Waals surface area contributed by atoms with Crippen LogP contribution in [-0.2, 0) is 4.79 Å². The van der Waals surface area contributed by atoms with Crippen LogP contribution in [0.15, 0.2) is 30.5 Å². The third kappa shape index (κ3) is 3.01. The van der Waals surface area contributed by atoms with Gasteiger partial charge < -0.3 is 10.0 Å². The molecule has 2 heterocycles. The van der Waals surface area contributed by atoms with E-state index in [1.54, 1.807) is 28.6 Å². The number of fused-ring (bicyclic) bond motifs is 1. The molecule has 0 bridgehead atoms. The number of amides is 1. The molecular weight excluding hydrogens is 349 g/mol. The summed E-state index contributed by atoms with van der Waals surface area (Å²) >= 11 is 0. The number of carbonyl (C=O) groups excluding carboxylic acids is 1. The molecule has 3 unspecified atom stereocenters. The lowest BCUT2D eigenvalue weighted by molar-refractivity contribution is -0.141. The van der Waals surface area contributed by atoms with Crippen LogP contribution >= 0.6 is 0 Å². The molecule has 1 amide bonds. The molecule has 1 aromatic carbocycles. The Bertz CT molecular complexity index is 877. The molecule has 1 aliphatic heterocycles. The molecule has 1 saturated heterocycles. The van der Waals surface area contributed by atoms with E-state index in [9.17, 15) is 19.1 Å². The Labute approximate surface area is 156 Å². The van der Waals surface area contributed by atoms with Crippen LogP contribution in [0.2, 0.25) is 0 Å². The first kappa shape index (κ1) is 17.7. The number of carboxylic acids is 1. The first-order valence-electron chi connectivity index (χ1n) is 9.33. The second kappa shape index (κ2) is 6.79. The second-order valence-electron chi connectivity index (χ2n) is 7.45. The van der Waals surface area contributed by atoms with Crippen LogP contribution in [0.4, 0.5) is 4.39 Å². The molecular formula is C20H22FN3O3. The van der Waals surface area contributed by atoms with Crippen molar-refractivity contribution in [3.63, 3.8) is 0 Å². The lowest BCUT2D eigenvalue weighted by Gasteiger charge is -2.32. The van der Waals surface area contributed by atoms with Gasteiger partial charge >= 0.3 is 5.97 Å². The van der Waals surface area contributed by atoms with Gasteiger partial charge in [-0.25, -0.2) is 13.9 Å². The average molecular weight is 371 g/mol. The zero-order valence-electron chi connectivity index (χ0n) is 15.1. The second-order valence-corrected chi connectivity index (χ2v) is 7.45. The molecule has 3 atom stereocenters. The summed E-state index contributed by atoms with van der Waals surface area (Å²) in [5.74, 6) is -1.30. The molecule has 2 fully saturated rings. The molecule has 2 aromatic rings. The van der Waals surface area contributed by atoms with E-state index in [-0.39, 0.29) is 23.7 Å². The number of aliphatic carboxylic acids is 1. The standard InChI is InChI=1S/C20H22FN3O3/c1-12-16(11-22-24(12)15-8-6-14(21)7-9-15)19(25)23-17-5-3-2-4-13(17)10-18(23)20(26)27/h6-9,11,13,17-18H,2-5,10H2,1H3,(H,26,27). The number of hydrogen-bond donors (Lipinski definition) is 1. The number of carboxylic acid groups (broad SMARTS) is 1. The first-order valence-corrected chi connectivity index (χ1v) is 9.33. The Morgan fingerprint density at radius 2 is 1.89 bits per heavy atom. The molecule has 1 N–H and O–H groups in total. The van der Waals surface area contributed by atoms with Gasteiger partial charge in [-0.15, -0.1) is 0 Å². The summed E-state index contributed by atoms with van der Waals surface area (Å²) in [6, 6.07) is 5.07. The van der Waals surface area contributed by atoms with Gasteiger partial charge in [-0.1, -0.05) is 12.8 Å². The highest BCUT2D eigenvalue weighted by Crippen LogP contribution is 2.40. The highest BCUT2D eigenvalue weighted by atomic mass is 19.1. The number of rotatable bonds is 3. The average Bonchev–Trinajstić information content (AvgIpc) is 3.23. The van der Waals surface area contributed by atoms with Gasteiger partial charge in [0.05, 0.1) is 23.1 Å². The van der Waals surface area contributed by atoms with E-state index in [1.807, 2.05) is 0 Å². The molecule has 4 rings (SSSR count). The highest BCUT2D eigenvalue weighted by molar-refractivity contribution is 5.98.